The summed E-state index contributed by atoms with van der Waals surface area (Å²) in [6.45, 7) is 2.19. The lowest BCUT2D eigenvalue weighted by molar-refractivity contribution is 0.306. The van der Waals surface area contributed by atoms with Crippen LogP contribution < -0.4 is 5.32 Å². The van der Waals surface area contributed by atoms with Gasteiger partial charge >= 0.3 is 0 Å². The summed E-state index contributed by atoms with van der Waals surface area (Å²) in [7, 11) is 0. The van der Waals surface area contributed by atoms with E-state index in [1.807, 2.05) is 30.3 Å². The van der Waals surface area contributed by atoms with E-state index in [0.29, 0.717) is 5.56 Å². The maximum atomic E-state index is 9.24. The molecule has 90 valence electrons. The molecule has 0 bridgehead atoms. The average molecular weight is 237 g/mol. The lowest BCUT2D eigenvalue weighted by Crippen LogP contribution is -2.42. The minimum absolute atomic E-state index is 0.112. The van der Waals surface area contributed by atoms with E-state index in [-0.39, 0.29) is 5.54 Å². The lowest BCUT2D eigenvalue weighted by atomic mass is 9.78. The van der Waals surface area contributed by atoms with Gasteiger partial charge in [0.2, 0.25) is 0 Å². The SMILES string of the molecule is CC1(Nc2nc3ccccc3cc2C#N)CCC1. The van der Waals surface area contributed by atoms with Crippen molar-refractivity contribution in [1.29, 1.82) is 5.26 Å². The summed E-state index contributed by atoms with van der Waals surface area (Å²) in [4.78, 5) is 4.58. The van der Waals surface area contributed by atoms with E-state index >= 15 is 0 Å². The molecule has 1 aliphatic carbocycles. The molecule has 3 heteroatoms. The monoisotopic (exact) mass is 237 g/mol. The first-order chi connectivity index (χ1) is 8.70. The van der Waals surface area contributed by atoms with Crippen molar-refractivity contribution in [1.82, 2.24) is 4.98 Å². The average Bonchev–Trinajstić information content (AvgIpc) is 2.36. The predicted octanol–water partition coefficient (Wildman–Crippen LogP) is 3.46. The van der Waals surface area contributed by atoms with Gasteiger partial charge in [0.25, 0.3) is 0 Å². The molecule has 2 aromatic rings. The molecule has 3 rings (SSSR count). The number of nitrogens with one attached hydrogen (secondary N) is 1. The summed E-state index contributed by atoms with van der Waals surface area (Å²) < 4.78 is 0. The largest absolute Gasteiger partial charge is 0.364 e. The highest BCUT2D eigenvalue weighted by atomic mass is 15.1. The molecule has 0 amide bonds. The molecule has 0 saturated heterocycles. The zero-order chi connectivity index (χ0) is 12.6. The molecule has 1 fully saturated rings. The maximum absolute atomic E-state index is 9.24. The Morgan fingerprint density at radius 3 is 2.78 bits per heavy atom. The molecular formula is C15H15N3. The maximum Gasteiger partial charge on any atom is 0.145 e. The van der Waals surface area contributed by atoms with Gasteiger partial charge in [0.1, 0.15) is 11.9 Å². The fraction of sp³-hybridized carbons (Fsp3) is 0.333. The summed E-state index contributed by atoms with van der Waals surface area (Å²) in [5.74, 6) is 0.721. The van der Waals surface area contributed by atoms with Crippen molar-refractivity contribution in [3.63, 3.8) is 0 Å². The van der Waals surface area contributed by atoms with Crippen LogP contribution in [0.15, 0.2) is 30.3 Å². The molecular weight excluding hydrogens is 222 g/mol. The Hall–Kier alpha value is -2.08. The van der Waals surface area contributed by atoms with Gasteiger partial charge in [-0.3, -0.25) is 0 Å². The van der Waals surface area contributed by atoms with Gasteiger partial charge in [0.15, 0.2) is 0 Å². The molecule has 0 atom stereocenters. The molecule has 3 nitrogen and oxygen atoms in total. The number of pyridine rings is 1. The van der Waals surface area contributed by atoms with E-state index in [1.165, 1.54) is 6.42 Å². The first-order valence-corrected chi connectivity index (χ1v) is 6.28. The van der Waals surface area contributed by atoms with Gasteiger partial charge in [-0.25, -0.2) is 4.98 Å². The highest BCUT2D eigenvalue weighted by Gasteiger charge is 2.32. The second-order valence-electron chi connectivity index (χ2n) is 5.23. The number of anilines is 1. The van der Waals surface area contributed by atoms with Crippen molar-refractivity contribution >= 4 is 16.7 Å². The summed E-state index contributed by atoms with van der Waals surface area (Å²) in [6, 6.07) is 12.0. The van der Waals surface area contributed by atoms with Crippen molar-refractivity contribution in [2.45, 2.75) is 31.7 Å². The Morgan fingerprint density at radius 2 is 2.11 bits per heavy atom. The number of nitriles is 1. The van der Waals surface area contributed by atoms with E-state index in [4.69, 9.17) is 0 Å². The second kappa shape index (κ2) is 3.99. The van der Waals surface area contributed by atoms with Crippen LogP contribution in [0.2, 0.25) is 0 Å². The van der Waals surface area contributed by atoms with Crippen LogP contribution in [-0.4, -0.2) is 10.5 Å². The third-order valence-corrected chi connectivity index (χ3v) is 3.72. The first kappa shape index (κ1) is 11.0. The second-order valence-corrected chi connectivity index (χ2v) is 5.23. The molecule has 1 N–H and O–H groups in total. The molecule has 1 aliphatic rings. The lowest BCUT2D eigenvalue weighted by Gasteiger charge is -2.39. The minimum atomic E-state index is 0.112. The van der Waals surface area contributed by atoms with E-state index in [2.05, 4.69) is 23.3 Å². The van der Waals surface area contributed by atoms with Crippen LogP contribution in [0, 0.1) is 11.3 Å². The van der Waals surface area contributed by atoms with Gasteiger partial charge in [0.05, 0.1) is 11.1 Å². The molecule has 1 heterocycles. The van der Waals surface area contributed by atoms with Crippen LogP contribution in [0.4, 0.5) is 5.82 Å². The topological polar surface area (TPSA) is 48.7 Å². The van der Waals surface area contributed by atoms with Gasteiger partial charge in [0, 0.05) is 10.9 Å². The third-order valence-electron chi connectivity index (χ3n) is 3.72. The van der Waals surface area contributed by atoms with Gasteiger partial charge in [-0.2, -0.15) is 5.26 Å². The number of para-hydroxylation sites is 1. The fourth-order valence-electron chi connectivity index (χ4n) is 2.41. The third kappa shape index (κ3) is 1.80. The molecule has 1 saturated carbocycles. The van der Waals surface area contributed by atoms with Gasteiger partial charge in [-0.15, -0.1) is 0 Å². The summed E-state index contributed by atoms with van der Waals surface area (Å²) in [5.41, 5.74) is 1.67. The Labute approximate surface area is 106 Å². The summed E-state index contributed by atoms with van der Waals surface area (Å²) in [6.07, 6.45) is 3.54. The molecule has 0 spiro atoms. The Balaban J connectivity index is 2.07. The predicted molar refractivity (Wildman–Crippen MR) is 72.3 cm³/mol. The van der Waals surface area contributed by atoms with E-state index in [0.717, 1.165) is 29.6 Å². The van der Waals surface area contributed by atoms with Crippen LogP contribution in [0.5, 0.6) is 0 Å². The van der Waals surface area contributed by atoms with Crippen molar-refractivity contribution in [2.75, 3.05) is 5.32 Å². The molecule has 1 aromatic carbocycles. The molecule has 0 radical (unpaired) electrons. The number of hydrogen-bond donors (Lipinski definition) is 1. The standard InChI is InChI=1S/C15H15N3/c1-15(7-4-8-15)18-14-12(10-16)9-11-5-2-3-6-13(11)17-14/h2-3,5-6,9H,4,7-8H2,1H3,(H,17,18). The van der Waals surface area contributed by atoms with Crippen LogP contribution in [0.1, 0.15) is 31.7 Å². The van der Waals surface area contributed by atoms with Gasteiger partial charge in [-0.1, -0.05) is 18.2 Å². The minimum Gasteiger partial charge on any atom is -0.364 e. The number of aromatic nitrogens is 1. The normalized spacial score (nSPS) is 16.9. The molecule has 0 unspecified atom stereocenters. The number of hydrogen-bond acceptors (Lipinski definition) is 3. The van der Waals surface area contributed by atoms with Crippen molar-refractivity contribution in [2.24, 2.45) is 0 Å². The highest BCUT2D eigenvalue weighted by Crippen LogP contribution is 2.35. The quantitative estimate of drug-likeness (QED) is 0.870. The zero-order valence-corrected chi connectivity index (χ0v) is 10.4. The van der Waals surface area contributed by atoms with E-state index in [1.54, 1.807) is 0 Å². The Morgan fingerprint density at radius 1 is 1.33 bits per heavy atom. The van der Waals surface area contributed by atoms with Gasteiger partial charge in [-0.05, 0) is 38.3 Å². The van der Waals surface area contributed by atoms with Crippen molar-refractivity contribution in [3.8, 4) is 6.07 Å². The number of fused-ring (bicyclic) bond motifs is 1. The number of nitrogens with zero attached hydrogens (tertiary/aromatic N) is 2. The van der Waals surface area contributed by atoms with Crippen molar-refractivity contribution in [3.05, 3.63) is 35.9 Å². The summed E-state index contributed by atoms with van der Waals surface area (Å²) in [5, 5.41) is 13.7. The Bertz CT molecular complexity index is 636. The van der Waals surface area contributed by atoms with Crippen LogP contribution >= 0.6 is 0 Å². The molecule has 1 aromatic heterocycles. The van der Waals surface area contributed by atoms with Crippen molar-refractivity contribution < 1.29 is 0 Å². The highest BCUT2D eigenvalue weighted by molar-refractivity contribution is 5.82. The molecule has 0 aliphatic heterocycles. The van der Waals surface area contributed by atoms with Crippen LogP contribution in [0.3, 0.4) is 0 Å². The van der Waals surface area contributed by atoms with Gasteiger partial charge < -0.3 is 5.32 Å². The van der Waals surface area contributed by atoms with Crippen LogP contribution in [0.25, 0.3) is 10.9 Å². The Kier molecular flexibility index (Phi) is 2.45. The van der Waals surface area contributed by atoms with Crippen LogP contribution in [-0.2, 0) is 0 Å². The van der Waals surface area contributed by atoms with E-state index < -0.39 is 0 Å². The fourth-order valence-corrected chi connectivity index (χ4v) is 2.41. The van der Waals surface area contributed by atoms with E-state index in [9.17, 15) is 5.26 Å². The first-order valence-electron chi connectivity index (χ1n) is 6.28. The summed E-state index contributed by atoms with van der Waals surface area (Å²) >= 11 is 0. The zero-order valence-electron chi connectivity index (χ0n) is 10.4. The molecule has 18 heavy (non-hydrogen) atoms. The number of rotatable bonds is 2. The smallest absolute Gasteiger partial charge is 0.145 e. The number of benzene rings is 1.